The summed E-state index contributed by atoms with van der Waals surface area (Å²) in [5.74, 6) is 1.16. The molecule has 0 aliphatic carbocycles. The smallest absolute Gasteiger partial charge is 0.244 e. The molecule has 0 saturated carbocycles. The number of anilines is 1. The highest BCUT2D eigenvalue weighted by Gasteiger charge is 2.12. The average molecular weight is 471 g/mol. The zero-order valence-corrected chi connectivity index (χ0v) is 19.1. The molecule has 0 spiro atoms. The zero-order valence-electron chi connectivity index (χ0n) is 19.1. The molecule has 9 nitrogen and oxygen atoms in total. The second kappa shape index (κ2) is 12.2. The van der Waals surface area contributed by atoms with Crippen LogP contribution in [0.25, 0.3) is 0 Å². The Balaban J connectivity index is 1.35. The molecule has 0 saturated heterocycles. The molecule has 1 N–H and O–H groups in total. The summed E-state index contributed by atoms with van der Waals surface area (Å²) in [4.78, 5) is 26.1. The summed E-state index contributed by atoms with van der Waals surface area (Å²) >= 11 is 0. The minimum atomic E-state index is -0.353. The highest BCUT2D eigenvalue weighted by molar-refractivity contribution is 5.90. The monoisotopic (exact) mass is 470 g/mol. The lowest BCUT2D eigenvalue weighted by atomic mass is 10.3. The van der Waals surface area contributed by atoms with E-state index in [9.17, 15) is 14.0 Å². The molecule has 10 heteroatoms. The fourth-order valence-electron chi connectivity index (χ4n) is 2.89. The predicted octanol–water partition coefficient (Wildman–Crippen LogP) is 2.98. The van der Waals surface area contributed by atoms with Crippen LogP contribution < -0.4 is 19.5 Å². The molecule has 0 bridgehead atoms. The summed E-state index contributed by atoms with van der Waals surface area (Å²) in [5.41, 5.74) is 0.477. The van der Waals surface area contributed by atoms with Crippen LogP contribution in [0, 0.1) is 5.82 Å². The van der Waals surface area contributed by atoms with E-state index in [1.807, 2.05) is 0 Å². The molecule has 0 aliphatic rings. The van der Waals surface area contributed by atoms with Gasteiger partial charge in [-0.05, 0) is 48.5 Å². The van der Waals surface area contributed by atoms with Gasteiger partial charge in [0.1, 0.15) is 36.2 Å². The van der Waals surface area contributed by atoms with Crippen molar-refractivity contribution in [1.29, 1.82) is 0 Å². The number of aromatic nitrogens is 2. The molecule has 1 heterocycles. The number of nitrogens with zero attached hydrogens (tertiary/aromatic N) is 3. The van der Waals surface area contributed by atoms with E-state index in [1.54, 1.807) is 49.5 Å². The van der Waals surface area contributed by atoms with Gasteiger partial charge < -0.3 is 24.4 Å². The number of benzene rings is 2. The van der Waals surface area contributed by atoms with Crippen molar-refractivity contribution in [3.8, 4) is 17.2 Å². The molecule has 2 amide bonds. The van der Waals surface area contributed by atoms with Crippen LogP contribution in [-0.2, 0) is 16.1 Å². The second-order valence-corrected chi connectivity index (χ2v) is 7.37. The van der Waals surface area contributed by atoms with Gasteiger partial charge in [-0.3, -0.25) is 14.3 Å². The highest BCUT2D eigenvalue weighted by Crippen LogP contribution is 2.17. The third kappa shape index (κ3) is 7.80. The fourth-order valence-corrected chi connectivity index (χ4v) is 2.89. The number of nitrogens with one attached hydrogen (secondary N) is 1. The Hall–Kier alpha value is -4.08. The first-order valence-corrected chi connectivity index (χ1v) is 10.6. The van der Waals surface area contributed by atoms with Crippen molar-refractivity contribution in [2.75, 3.05) is 39.2 Å². The lowest BCUT2D eigenvalue weighted by molar-refractivity contribution is -0.131. The van der Waals surface area contributed by atoms with Crippen molar-refractivity contribution >= 4 is 17.5 Å². The Morgan fingerprint density at radius 3 is 2.29 bits per heavy atom. The number of rotatable bonds is 12. The fraction of sp³-hybridized carbons (Fsp3) is 0.292. The first-order chi connectivity index (χ1) is 16.4. The van der Waals surface area contributed by atoms with Gasteiger partial charge in [0.2, 0.25) is 11.8 Å². The second-order valence-electron chi connectivity index (χ2n) is 7.37. The lowest BCUT2D eigenvalue weighted by Gasteiger charge is -2.17. The Bertz CT molecular complexity index is 1070. The van der Waals surface area contributed by atoms with Crippen molar-refractivity contribution in [1.82, 2.24) is 14.7 Å². The standard InChI is InChI=1S/C24H27FN4O5/c1-28(12-14-34-22-9-7-20(32-2)8-10-22)24(31)17-29-16-19(15-26-29)27-23(30)11-13-33-21-5-3-18(25)4-6-21/h3-10,15-16H,11-14,17H2,1-2H3,(H,27,30). The van der Waals surface area contributed by atoms with Crippen LogP contribution in [0.1, 0.15) is 6.42 Å². The van der Waals surface area contributed by atoms with Crippen molar-refractivity contribution < 1.29 is 28.2 Å². The molecule has 0 unspecified atom stereocenters. The first-order valence-electron chi connectivity index (χ1n) is 10.6. The number of hydrogen-bond donors (Lipinski definition) is 1. The van der Waals surface area contributed by atoms with Crippen LogP contribution in [-0.4, -0.2) is 60.4 Å². The van der Waals surface area contributed by atoms with Crippen molar-refractivity contribution in [2.24, 2.45) is 0 Å². The van der Waals surface area contributed by atoms with Crippen LogP contribution in [0.5, 0.6) is 17.2 Å². The number of likely N-dealkylation sites (N-methyl/N-ethyl adjacent to an activating group) is 1. The number of carbonyl (C=O) groups excluding carboxylic acids is 2. The van der Waals surface area contributed by atoms with Crippen LogP contribution in [0.15, 0.2) is 60.9 Å². The van der Waals surface area contributed by atoms with Gasteiger partial charge in [-0.2, -0.15) is 5.10 Å². The van der Waals surface area contributed by atoms with Gasteiger partial charge in [0, 0.05) is 13.2 Å². The van der Waals surface area contributed by atoms with Gasteiger partial charge in [0.15, 0.2) is 0 Å². The third-order valence-electron chi connectivity index (χ3n) is 4.81. The summed E-state index contributed by atoms with van der Waals surface area (Å²) in [6, 6.07) is 12.8. The molecule has 3 rings (SSSR count). The average Bonchev–Trinajstić information content (AvgIpc) is 3.27. The van der Waals surface area contributed by atoms with Crippen LogP contribution >= 0.6 is 0 Å². The molecule has 0 fully saturated rings. The number of ether oxygens (including phenoxy) is 3. The van der Waals surface area contributed by atoms with Crippen molar-refractivity contribution in [3.05, 3.63) is 66.7 Å². The summed E-state index contributed by atoms with van der Waals surface area (Å²) in [7, 11) is 3.28. The maximum Gasteiger partial charge on any atom is 0.244 e. The zero-order chi connectivity index (χ0) is 24.3. The van der Waals surface area contributed by atoms with E-state index in [4.69, 9.17) is 14.2 Å². The molecule has 3 aromatic rings. The van der Waals surface area contributed by atoms with E-state index in [0.717, 1.165) is 5.75 Å². The molecule has 180 valence electrons. The minimum Gasteiger partial charge on any atom is -0.497 e. The van der Waals surface area contributed by atoms with E-state index >= 15 is 0 Å². The number of methoxy groups -OCH3 is 1. The number of halogens is 1. The molecule has 0 radical (unpaired) electrons. The quantitative estimate of drug-likeness (QED) is 0.437. The maximum atomic E-state index is 12.9. The first kappa shape index (κ1) is 24.6. The SMILES string of the molecule is COc1ccc(OCCN(C)C(=O)Cn2cc(NC(=O)CCOc3ccc(F)cc3)cn2)cc1. The summed E-state index contributed by atoms with van der Waals surface area (Å²) in [6.07, 6.45) is 3.16. The lowest BCUT2D eigenvalue weighted by Crippen LogP contribution is -2.33. The van der Waals surface area contributed by atoms with Gasteiger partial charge >= 0.3 is 0 Å². The minimum absolute atomic E-state index is 0.0303. The predicted molar refractivity (Wildman–Crippen MR) is 123 cm³/mol. The van der Waals surface area contributed by atoms with Crippen molar-refractivity contribution in [2.45, 2.75) is 13.0 Å². The normalized spacial score (nSPS) is 10.4. The topological polar surface area (TPSA) is 94.9 Å². The van der Waals surface area contributed by atoms with Gasteiger partial charge in [-0.1, -0.05) is 0 Å². The Morgan fingerprint density at radius 1 is 1.00 bits per heavy atom. The Kier molecular flexibility index (Phi) is 8.84. The number of amides is 2. The molecule has 34 heavy (non-hydrogen) atoms. The van der Waals surface area contributed by atoms with Crippen LogP contribution in [0.3, 0.4) is 0 Å². The molecule has 0 aliphatic heterocycles. The maximum absolute atomic E-state index is 12.9. The molecule has 1 aromatic heterocycles. The van der Waals surface area contributed by atoms with Crippen molar-refractivity contribution in [3.63, 3.8) is 0 Å². The van der Waals surface area contributed by atoms with E-state index in [2.05, 4.69) is 10.4 Å². The van der Waals surface area contributed by atoms with Gasteiger partial charge in [0.25, 0.3) is 0 Å². The third-order valence-corrected chi connectivity index (χ3v) is 4.81. The van der Waals surface area contributed by atoms with Gasteiger partial charge in [-0.25, -0.2) is 4.39 Å². The van der Waals surface area contributed by atoms with Gasteiger partial charge in [0.05, 0.1) is 38.6 Å². The molecular formula is C24H27FN4O5. The molecule has 0 atom stereocenters. The molecule has 2 aromatic carbocycles. The van der Waals surface area contributed by atoms with E-state index in [0.29, 0.717) is 30.3 Å². The number of hydrogen-bond acceptors (Lipinski definition) is 6. The Labute approximate surface area is 197 Å². The Morgan fingerprint density at radius 2 is 1.62 bits per heavy atom. The van der Waals surface area contributed by atoms with Gasteiger partial charge in [-0.15, -0.1) is 0 Å². The van der Waals surface area contributed by atoms with Crippen LogP contribution in [0.4, 0.5) is 10.1 Å². The highest BCUT2D eigenvalue weighted by atomic mass is 19.1. The molecular weight excluding hydrogens is 443 g/mol. The van der Waals surface area contributed by atoms with Crippen LogP contribution in [0.2, 0.25) is 0 Å². The summed E-state index contributed by atoms with van der Waals surface area (Å²) in [6.45, 7) is 0.925. The summed E-state index contributed by atoms with van der Waals surface area (Å²) < 4.78 is 30.5. The largest absolute Gasteiger partial charge is 0.497 e. The van der Waals surface area contributed by atoms with E-state index in [1.165, 1.54) is 35.1 Å². The summed E-state index contributed by atoms with van der Waals surface area (Å²) in [5, 5.41) is 6.82. The van der Waals surface area contributed by atoms with E-state index in [-0.39, 0.29) is 37.2 Å². The number of carbonyl (C=O) groups is 2. The van der Waals surface area contributed by atoms with E-state index < -0.39 is 0 Å².